The molecule has 230 valence electrons. The van der Waals surface area contributed by atoms with Crippen molar-refractivity contribution in [2.75, 3.05) is 14.2 Å². The maximum absolute atomic E-state index is 5.84. The van der Waals surface area contributed by atoms with Gasteiger partial charge in [-0.3, -0.25) is 0 Å². The maximum Gasteiger partial charge on any atom is 0.161 e. The van der Waals surface area contributed by atoms with E-state index in [9.17, 15) is 0 Å². The van der Waals surface area contributed by atoms with E-state index in [0.29, 0.717) is 11.5 Å². The molecule has 0 saturated heterocycles. The molecule has 0 saturated carbocycles. The van der Waals surface area contributed by atoms with Crippen molar-refractivity contribution in [1.29, 1.82) is 0 Å². The van der Waals surface area contributed by atoms with Crippen LogP contribution in [-0.4, -0.2) is 28.4 Å². The fraction of sp³-hybridized carbons (Fsp3) is 0.0465. The van der Waals surface area contributed by atoms with Gasteiger partial charge in [0.1, 0.15) is 5.69 Å². The third-order valence-electron chi connectivity index (χ3n) is 9.31. The number of hydrogen-bond acceptors (Lipinski definition) is 3. The Hall–Kier alpha value is -6.33. The van der Waals surface area contributed by atoms with Gasteiger partial charge in [-0.1, -0.05) is 103 Å². The highest BCUT2D eigenvalue weighted by molar-refractivity contribution is 6.14. The van der Waals surface area contributed by atoms with Crippen LogP contribution in [0.25, 0.3) is 77.4 Å². The van der Waals surface area contributed by atoms with Gasteiger partial charge < -0.3 is 14.0 Å². The van der Waals surface area contributed by atoms with Crippen LogP contribution < -0.4 is 9.47 Å². The number of benzene rings is 6. The van der Waals surface area contributed by atoms with Gasteiger partial charge in [0.25, 0.3) is 0 Å². The zero-order valence-electron chi connectivity index (χ0n) is 26.6. The highest BCUT2D eigenvalue weighted by Gasteiger charge is 2.24. The van der Waals surface area contributed by atoms with Crippen LogP contribution in [0, 0.1) is 0 Å². The summed E-state index contributed by atoms with van der Waals surface area (Å²) in [4.78, 5) is 0. The molecule has 5 nitrogen and oxygen atoms in total. The van der Waals surface area contributed by atoms with Gasteiger partial charge in [-0.2, -0.15) is 5.10 Å². The molecular formula is C43H31N3O2. The number of hydrogen-bond donors (Lipinski definition) is 0. The summed E-state index contributed by atoms with van der Waals surface area (Å²) in [5, 5.41) is 9.89. The minimum atomic E-state index is 0.675. The Labute approximate surface area is 277 Å². The minimum absolute atomic E-state index is 0.675. The second kappa shape index (κ2) is 11.2. The topological polar surface area (TPSA) is 40.7 Å². The van der Waals surface area contributed by atoms with Crippen molar-refractivity contribution < 1.29 is 9.47 Å². The number of pyridine rings is 1. The Bertz CT molecular complexity index is 2620. The molecule has 3 aromatic heterocycles. The summed E-state index contributed by atoms with van der Waals surface area (Å²) in [5.41, 5.74) is 10.7. The molecule has 0 unspecified atom stereocenters. The van der Waals surface area contributed by atoms with E-state index in [1.54, 1.807) is 14.2 Å². The summed E-state index contributed by atoms with van der Waals surface area (Å²) >= 11 is 0. The predicted molar refractivity (Wildman–Crippen MR) is 196 cm³/mol. The zero-order valence-corrected chi connectivity index (χ0v) is 26.6. The maximum atomic E-state index is 5.84. The number of aromatic nitrogens is 3. The molecule has 5 heteroatoms. The Kier molecular flexibility index (Phi) is 6.51. The lowest BCUT2D eigenvalue weighted by molar-refractivity contribution is 0.356. The molecule has 9 aromatic rings. The summed E-state index contributed by atoms with van der Waals surface area (Å²) in [7, 11) is 3.36. The van der Waals surface area contributed by atoms with Gasteiger partial charge in [0.05, 0.1) is 36.5 Å². The average Bonchev–Trinajstić information content (AvgIpc) is 3.72. The van der Waals surface area contributed by atoms with Crippen LogP contribution in [0.5, 0.6) is 11.5 Å². The number of rotatable bonds is 6. The van der Waals surface area contributed by atoms with Crippen LogP contribution in [0.2, 0.25) is 0 Å². The number of methoxy groups -OCH3 is 2. The van der Waals surface area contributed by atoms with Crippen LogP contribution in [0.1, 0.15) is 0 Å². The second-order valence-electron chi connectivity index (χ2n) is 12.0. The first-order valence-electron chi connectivity index (χ1n) is 16.0. The molecule has 0 aliphatic rings. The highest BCUT2D eigenvalue weighted by Crippen LogP contribution is 2.45. The monoisotopic (exact) mass is 621 g/mol. The summed E-state index contributed by atoms with van der Waals surface area (Å²) < 4.78 is 16.1. The SMILES string of the molecule is COc1cc2cc(-c3ccccc3)n3nc(-c4ccccc4)c(-c4ccc5c(c4)c4ccccc4n5-c4ccccc4)c3c2cc1OC. The predicted octanol–water partition coefficient (Wildman–Crippen LogP) is 10.6. The van der Waals surface area contributed by atoms with E-state index < -0.39 is 0 Å². The first-order chi connectivity index (χ1) is 23.7. The molecule has 3 heterocycles. The number of para-hydroxylation sites is 2. The molecule has 0 aliphatic carbocycles. The summed E-state index contributed by atoms with van der Waals surface area (Å²) in [6.07, 6.45) is 0. The molecule has 9 rings (SSSR count). The molecule has 0 bridgehead atoms. The molecule has 0 amide bonds. The van der Waals surface area contributed by atoms with Gasteiger partial charge in [0.15, 0.2) is 11.5 Å². The molecule has 0 atom stereocenters. The zero-order chi connectivity index (χ0) is 32.2. The first kappa shape index (κ1) is 27.9. The lowest BCUT2D eigenvalue weighted by Crippen LogP contribution is -1.97. The van der Waals surface area contributed by atoms with Gasteiger partial charge in [-0.15, -0.1) is 0 Å². The number of nitrogens with zero attached hydrogens (tertiary/aromatic N) is 3. The van der Waals surface area contributed by atoms with E-state index in [-0.39, 0.29) is 0 Å². The standard InChI is InChI=1S/C43H31N3O2/c1-47-39-26-31-25-38(28-14-6-3-7-15-28)46-43(34(31)27-40(39)48-2)41(42(44-46)29-16-8-4-9-17-29)30-22-23-37-35(24-30)33-20-12-13-21-36(33)45(37)32-18-10-5-11-19-32/h3-27H,1-2H3. The van der Waals surface area contributed by atoms with Crippen molar-refractivity contribution in [2.45, 2.75) is 0 Å². The summed E-state index contributed by atoms with van der Waals surface area (Å²) in [6.45, 7) is 0. The quantitative estimate of drug-likeness (QED) is 0.185. The largest absolute Gasteiger partial charge is 0.493 e. The van der Waals surface area contributed by atoms with E-state index in [4.69, 9.17) is 14.6 Å². The molecule has 0 radical (unpaired) electrons. The molecular weight excluding hydrogens is 590 g/mol. The lowest BCUT2D eigenvalue weighted by Gasteiger charge is -2.14. The second-order valence-corrected chi connectivity index (χ2v) is 12.0. The highest BCUT2D eigenvalue weighted by atomic mass is 16.5. The van der Waals surface area contributed by atoms with Crippen molar-refractivity contribution in [3.05, 3.63) is 152 Å². The molecule has 0 aliphatic heterocycles. The molecule has 0 N–H and O–H groups in total. The average molecular weight is 622 g/mol. The fourth-order valence-corrected chi connectivity index (χ4v) is 7.14. The van der Waals surface area contributed by atoms with E-state index in [2.05, 4.69) is 149 Å². The van der Waals surface area contributed by atoms with Crippen molar-refractivity contribution in [3.63, 3.8) is 0 Å². The normalized spacial score (nSPS) is 11.5. The Morgan fingerprint density at radius 1 is 0.500 bits per heavy atom. The Balaban J connectivity index is 1.44. The third-order valence-corrected chi connectivity index (χ3v) is 9.31. The van der Waals surface area contributed by atoms with Crippen LogP contribution in [0.4, 0.5) is 0 Å². The van der Waals surface area contributed by atoms with Crippen molar-refractivity contribution in [2.24, 2.45) is 0 Å². The minimum Gasteiger partial charge on any atom is -0.493 e. The van der Waals surface area contributed by atoms with Gasteiger partial charge in [-0.05, 0) is 59.5 Å². The van der Waals surface area contributed by atoms with Crippen molar-refractivity contribution in [1.82, 2.24) is 14.2 Å². The summed E-state index contributed by atoms with van der Waals surface area (Å²) in [5.74, 6) is 1.36. The molecule has 48 heavy (non-hydrogen) atoms. The Morgan fingerprint density at radius 2 is 1.12 bits per heavy atom. The van der Waals surface area contributed by atoms with Gasteiger partial charge >= 0.3 is 0 Å². The Morgan fingerprint density at radius 3 is 1.85 bits per heavy atom. The van der Waals surface area contributed by atoms with E-state index >= 15 is 0 Å². The summed E-state index contributed by atoms with van der Waals surface area (Å²) in [6, 6.07) is 53.3. The van der Waals surface area contributed by atoms with E-state index in [0.717, 1.165) is 61.1 Å². The van der Waals surface area contributed by atoms with Crippen LogP contribution in [0.3, 0.4) is 0 Å². The van der Waals surface area contributed by atoms with Crippen molar-refractivity contribution in [3.8, 4) is 50.8 Å². The van der Waals surface area contributed by atoms with E-state index in [1.165, 1.54) is 16.3 Å². The van der Waals surface area contributed by atoms with Gasteiger partial charge in [0, 0.05) is 38.5 Å². The number of fused-ring (bicyclic) bond motifs is 6. The number of ether oxygens (including phenoxy) is 2. The van der Waals surface area contributed by atoms with E-state index in [1.807, 2.05) is 12.1 Å². The molecule has 0 spiro atoms. The van der Waals surface area contributed by atoms with Crippen LogP contribution >= 0.6 is 0 Å². The first-order valence-corrected chi connectivity index (χ1v) is 16.0. The molecule has 6 aromatic carbocycles. The van der Waals surface area contributed by atoms with Gasteiger partial charge in [-0.25, -0.2) is 4.52 Å². The molecule has 0 fully saturated rings. The third kappa shape index (κ3) is 4.28. The fourth-order valence-electron chi connectivity index (χ4n) is 7.14. The lowest BCUT2D eigenvalue weighted by atomic mass is 9.95. The van der Waals surface area contributed by atoms with Gasteiger partial charge in [0.2, 0.25) is 0 Å². The van der Waals surface area contributed by atoms with Crippen LogP contribution in [-0.2, 0) is 0 Å². The van der Waals surface area contributed by atoms with Crippen molar-refractivity contribution >= 4 is 38.1 Å². The van der Waals surface area contributed by atoms with Crippen LogP contribution in [0.15, 0.2) is 152 Å². The smallest absolute Gasteiger partial charge is 0.161 e.